The first-order chi connectivity index (χ1) is 15.4. The monoisotopic (exact) mass is 450 g/mol. The molecule has 32 heavy (non-hydrogen) atoms. The zero-order valence-electron chi connectivity index (χ0n) is 19.1. The lowest BCUT2D eigenvalue weighted by Gasteiger charge is -2.17. The Morgan fingerprint density at radius 2 is 1.97 bits per heavy atom. The van der Waals surface area contributed by atoms with Crippen LogP contribution in [0.25, 0.3) is 0 Å². The minimum absolute atomic E-state index is 0.0893. The van der Waals surface area contributed by atoms with Crippen LogP contribution in [0, 0.1) is 13.8 Å². The van der Waals surface area contributed by atoms with Crippen molar-refractivity contribution in [1.82, 2.24) is 14.8 Å². The first-order valence-corrected chi connectivity index (χ1v) is 11.7. The Balaban J connectivity index is 1.66. The van der Waals surface area contributed by atoms with E-state index in [4.69, 9.17) is 4.74 Å². The van der Waals surface area contributed by atoms with Crippen molar-refractivity contribution in [3.63, 3.8) is 0 Å². The molecule has 168 valence electrons. The van der Waals surface area contributed by atoms with Gasteiger partial charge in [0.1, 0.15) is 5.75 Å². The van der Waals surface area contributed by atoms with Crippen molar-refractivity contribution in [2.45, 2.75) is 51.9 Å². The second-order valence-corrected chi connectivity index (χ2v) is 8.60. The lowest BCUT2D eigenvalue weighted by Crippen LogP contribution is -2.15. The minimum atomic E-state index is -0.302. The van der Waals surface area contributed by atoms with Crippen molar-refractivity contribution in [3.8, 4) is 5.75 Å². The molecule has 0 aliphatic rings. The van der Waals surface area contributed by atoms with Gasteiger partial charge < -0.3 is 10.1 Å². The van der Waals surface area contributed by atoms with Crippen LogP contribution in [-0.4, -0.2) is 26.4 Å². The van der Waals surface area contributed by atoms with Gasteiger partial charge in [-0.15, -0.1) is 16.8 Å². The fraction of sp³-hybridized carbons (Fsp3) is 0.320. The molecule has 1 amide bonds. The molecule has 1 unspecified atom stereocenters. The number of anilines is 1. The number of allylic oxidation sites excluding steroid dienone is 1. The van der Waals surface area contributed by atoms with Gasteiger partial charge in [-0.05, 0) is 56.5 Å². The SMILES string of the molecule is C=CCn1c(SCC(=O)Nc2ccc(CC)cc2)nnc1C(C)Oc1ccc(C)cc1C. The van der Waals surface area contributed by atoms with Crippen molar-refractivity contribution in [3.05, 3.63) is 77.6 Å². The molecule has 6 nitrogen and oxygen atoms in total. The quantitative estimate of drug-likeness (QED) is 0.326. The topological polar surface area (TPSA) is 69.0 Å². The second-order valence-electron chi connectivity index (χ2n) is 7.66. The van der Waals surface area contributed by atoms with Gasteiger partial charge in [-0.1, -0.05) is 54.6 Å². The van der Waals surface area contributed by atoms with E-state index in [9.17, 15) is 4.79 Å². The molecule has 0 saturated heterocycles. The van der Waals surface area contributed by atoms with E-state index >= 15 is 0 Å². The van der Waals surface area contributed by atoms with Crippen molar-refractivity contribution in [2.75, 3.05) is 11.1 Å². The third-order valence-corrected chi connectivity index (χ3v) is 6.00. The maximum atomic E-state index is 12.4. The molecule has 0 radical (unpaired) electrons. The number of hydrogen-bond acceptors (Lipinski definition) is 5. The molecule has 0 saturated carbocycles. The summed E-state index contributed by atoms with van der Waals surface area (Å²) in [5.41, 5.74) is 4.29. The van der Waals surface area contributed by atoms with Crippen LogP contribution in [0.2, 0.25) is 0 Å². The number of carbonyl (C=O) groups excluding carboxylic acids is 1. The molecule has 0 aliphatic carbocycles. The Hall–Kier alpha value is -3.06. The molecule has 1 aromatic heterocycles. The predicted molar refractivity (Wildman–Crippen MR) is 130 cm³/mol. The summed E-state index contributed by atoms with van der Waals surface area (Å²) in [5.74, 6) is 1.66. The van der Waals surface area contributed by atoms with Crippen LogP contribution in [0.1, 0.15) is 42.5 Å². The average Bonchev–Trinajstić information content (AvgIpc) is 3.18. The zero-order chi connectivity index (χ0) is 23.1. The number of nitrogens with one attached hydrogen (secondary N) is 1. The molecule has 0 fully saturated rings. The highest BCUT2D eigenvalue weighted by Crippen LogP contribution is 2.27. The van der Waals surface area contributed by atoms with Crippen LogP contribution in [-0.2, 0) is 17.8 Å². The van der Waals surface area contributed by atoms with Gasteiger partial charge in [-0.25, -0.2) is 0 Å². The number of hydrogen-bond donors (Lipinski definition) is 1. The number of aromatic nitrogens is 3. The summed E-state index contributed by atoms with van der Waals surface area (Å²) in [6, 6.07) is 14.0. The van der Waals surface area contributed by atoms with Crippen molar-refractivity contribution in [2.24, 2.45) is 0 Å². The molecular weight excluding hydrogens is 420 g/mol. The number of thioether (sulfide) groups is 1. The van der Waals surface area contributed by atoms with Crippen LogP contribution in [0.15, 0.2) is 60.3 Å². The number of nitrogens with zero attached hydrogens (tertiary/aromatic N) is 3. The Kier molecular flexibility index (Phi) is 8.11. The number of rotatable bonds is 10. The first-order valence-electron chi connectivity index (χ1n) is 10.7. The number of ether oxygens (including phenoxy) is 1. The zero-order valence-corrected chi connectivity index (χ0v) is 19.9. The van der Waals surface area contributed by atoms with E-state index in [1.807, 2.05) is 54.8 Å². The summed E-state index contributed by atoms with van der Waals surface area (Å²) in [6.45, 7) is 12.5. The molecule has 0 bridgehead atoms. The maximum Gasteiger partial charge on any atom is 0.234 e. The van der Waals surface area contributed by atoms with Crippen LogP contribution >= 0.6 is 11.8 Å². The van der Waals surface area contributed by atoms with E-state index in [1.165, 1.54) is 22.9 Å². The predicted octanol–water partition coefficient (Wildman–Crippen LogP) is 5.51. The highest BCUT2D eigenvalue weighted by molar-refractivity contribution is 7.99. The summed E-state index contributed by atoms with van der Waals surface area (Å²) >= 11 is 1.35. The number of amides is 1. The Labute approximate surface area is 194 Å². The highest BCUT2D eigenvalue weighted by Gasteiger charge is 2.20. The maximum absolute atomic E-state index is 12.4. The standard InChI is InChI=1S/C25H30N4O2S/c1-6-14-29-24(19(5)31-22-13-8-17(3)15-18(22)4)27-28-25(29)32-16-23(30)26-21-11-9-20(7-2)10-12-21/h6,8-13,15,19H,1,7,14,16H2,2-5H3,(H,26,30). The molecule has 1 N–H and O–H groups in total. The minimum Gasteiger partial charge on any atom is -0.482 e. The van der Waals surface area contributed by atoms with E-state index in [0.717, 1.165) is 23.4 Å². The second kappa shape index (κ2) is 11.0. The van der Waals surface area contributed by atoms with Gasteiger partial charge in [0, 0.05) is 12.2 Å². The largest absolute Gasteiger partial charge is 0.482 e. The molecule has 0 aliphatic heterocycles. The summed E-state index contributed by atoms with van der Waals surface area (Å²) in [5, 5.41) is 12.2. The number of carbonyl (C=O) groups is 1. The number of aryl methyl sites for hydroxylation is 3. The van der Waals surface area contributed by atoms with E-state index in [-0.39, 0.29) is 17.8 Å². The van der Waals surface area contributed by atoms with Crippen molar-refractivity contribution < 1.29 is 9.53 Å². The lowest BCUT2D eigenvalue weighted by molar-refractivity contribution is -0.113. The summed E-state index contributed by atoms with van der Waals surface area (Å²) < 4.78 is 8.10. The summed E-state index contributed by atoms with van der Waals surface area (Å²) in [4.78, 5) is 12.4. The van der Waals surface area contributed by atoms with Crippen LogP contribution < -0.4 is 10.1 Å². The fourth-order valence-corrected chi connectivity index (χ4v) is 4.09. The lowest BCUT2D eigenvalue weighted by atomic mass is 10.1. The smallest absolute Gasteiger partial charge is 0.234 e. The van der Waals surface area contributed by atoms with Gasteiger partial charge in [-0.2, -0.15) is 0 Å². The third kappa shape index (κ3) is 6.01. The Morgan fingerprint density at radius 1 is 1.22 bits per heavy atom. The van der Waals surface area contributed by atoms with Gasteiger partial charge in [0.25, 0.3) is 0 Å². The van der Waals surface area contributed by atoms with Gasteiger partial charge >= 0.3 is 0 Å². The summed E-state index contributed by atoms with van der Waals surface area (Å²) in [7, 11) is 0. The molecule has 1 atom stereocenters. The molecular formula is C25H30N4O2S. The molecule has 2 aromatic carbocycles. The molecule has 3 aromatic rings. The van der Waals surface area contributed by atoms with E-state index in [0.29, 0.717) is 17.5 Å². The Bertz CT molecular complexity index is 1080. The van der Waals surface area contributed by atoms with E-state index in [2.05, 4.69) is 42.0 Å². The van der Waals surface area contributed by atoms with Crippen LogP contribution in [0.4, 0.5) is 5.69 Å². The van der Waals surface area contributed by atoms with Gasteiger partial charge in [0.05, 0.1) is 5.75 Å². The van der Waals surface area contributed by atoms with E-state index in [1.54, 1.807) is 6.08 Å². The van der Waals surface area contributed by atoms with Crippen LogP contribution in [0.5, 0.6) is 5.75 Å². The molecule has 7 heteroatoms. The molecule has 0 spiro atoms. The van der Waals surface area contributed by atoms with Gasteiger partial charge in [0.2, 0.25) is 5.91 Å². The number of benzene rings is 2. The molecule has 3 rings (SSSR count). The first kappa shape index (κ1) is 23.6. The van der Waals surface area contributed by atoms with Crippen molar-refractivity contribution in [1.29, 1.82) is 0 Å². The highest BCUT2D eigenvalue weighted by atomic mass is 32.2. The fourth-order valence-electron chi connectivity index (χ4n) is 3.33. The van der Waals surface area contributed by atoms with Crippen molar-refractivity contribution >= 4 is 23.4 Å². The Morgan fingerprint density at radius 3 is 2.62 bits per heavy atom. The molecule has 1 heterocycles. The summed E-state index contributed by atoms with van der Waals surface area (Å²) in [6.07, 6.45) is 2.46. The van der Waals surface area contributed by atoms with Crippen LogP contribution in [0.3, 0.4) is 0 Å². The normalized spacial score (nSPS) is 11.8. The van der Waals surface area contributed by atoms with Gasteiger partial charge in [0.15, 0.2) is 17.1 Å². The van der Waals surface area contributed by atoms with Gasteiger partial charge in [-0.3, -0.25) is 9.36 Å². The van der Waals surface area contributed by atoms with E-state index < -0.39 is 0 Å². The average molecular weight is 451 g/mol. The third-order valence-electron chi connectivity index (χ3n) is 5.03.